The number of hydrogen-bond acceptors (Lipinski definition) is 3. The number of likely N-dealkylation sites (tertiary alicyclic amines) is 1. The van der Waals surface area contributed by atoms with Gasteiger partial charge in [-0.3, -0.25) is 4.79 Å². The molecule has 1 unspecified atom stereocenters. The molecule has 0 bridgehead atoms. The van der Waals surface area contributed by atoms with Crippen molar-refractivity contribution in [3.63, 3.8) is 0 Å². The maximum absolute atomic E-state index is 11.1. The van der Waals surface area contributed by atoms with Crippen molar-refractivity contribution in [2.75, 3.05) is 32.8 Å². The molecule has 0 saturated carbocycles. The second-order valence-electron chi connectivity index (χ2n) is 3.84. The third-order valence-corrected chi connectivity index (χ3v) is 2.58. The van der Waals surface area contributed by atoms with Gasteiger partial charge in [-0.15, -0.1) is 0 Å². The lowest BCUT2D eigenvalue weighted by atomic mass is 9.99. The molecule has 82 valence electrons. The molecule has 14 heavy (non-hydrogen) atoms. The van der Waals surface area contributed by atoms with E-state index in [2.05, 4.69) is 0 Å². The van der Waals surface area contributed by atoms with Crippen molar-refractivity contribution in [1.29, 1.82) is 0 Å². The monoisotopic (exact) mass is 200 g/mol. The van der Waals surface area contributed by atoms with Crippen LogP contribution in [0.3, 0.4) is 0 Å². The van der Waals surface area contributed by atoms with Crippen LogP contribution in [0, 0.1) is 5.92 Å². The van der Waals surface area contributed by atoms with E-state index in [0.29, 0.717) is 19.1 Å². The van der Waals surface area contributed by atoms with Gasteiger partial charge < -0.3 is 15.4 Å². The normalized spacial score (nSPS) is 22.4. The average Bonchev–Trinajstić information content (AvgIpc) is 2.19. The van der Waals surface area contributed by atoms with E-state index in [-0.39, 0.29) is 5.91 Å². The van der Waals surface area contributed by atoms with E-state index >= 15 is 0 Å². The van der Waals surface area contributed by atoms with Crippen molar-refractivity contribution >= 4 is 5.91 Å². The fourth-order valence-corrected chi connectivity index (χ4v) is 1.82. The van der Waals surface area contributed by atoms with Gasteiger partial charge in [-0.05, 0) is 18.8 Å². The minimum atomic E-state index is 0.175. The van der Waals surface area contributed by atoms with E-state index in [1.54, 1.807) is 6.92 Å². The number of carbonyl (C=O) groups is 1. The van der Waals surface area contributed by atoms with Crippen molar-refractivity contribution in [3.8, 4) is 0 Å². The summed E-state index contributed by atoms with van der Waals surface area (Å²) >= 11 is 0. The minimum Gasteiger partial charge on any atom is -0.380 e. The number of carbonyl (C=O) groups excluding carboxylic acids is 1. The maximum atomic E-state index is 11.1. The lowest BCUT2D eigenvalue weighted by Gasteiger charge is -2.31. The third-order valence-electron chi connectivity index (χ3n) is 2.58. The molecule has 4 nitrogen and oxygen atoms in total. The first-order valence-electron chi connectivity index (χ1n) is 5.27. The Morgan fingerprint density at radius 1 is 1.64 bits per heavy atom. The topological polar surface area (TPSA) is 55.6 Å². The summed E-state index contributed by atoms with van der Waals surface area (Å²) in [5, 5.41) is 0. The molecule has 1 fully saturated rings. The fourth-order valence-electron chi connectivity index (χ4n) is 1.82. The minimum absolute atomic E-state index is 0.175. The zero-order valence-corrected chi connectivity index (χ0v) is 8.87. The standard InChI is InChI=1S/C10H20N2O2/c1-9(13)12-5-2-3-10(7-12)8-14-6-4-11/h10H,2-8,11H2,1H3. The van der Waals surface area contributed by atoms with E-state index < -0.39 is 0 Å². The maximum Gasteiger partial charge on any atom is 0.219 e. The molecular weight excluding hydrogens is 180 g/mol. The molecule has 1 heterocycles. The Morgan fingerprint density at radius 2 is 2.43 bits per heavy atom. The SMILES string of the molecule is CC(=O)N1CCCC(COCCN)C1. The van der Waals surface area contributed by atoms with Crippen LogP contribution in [0.2, 0.25) is 0 Å². The van der Waals surface area contributed by atoms with E-state index in [4.69, 9.17) is 10.5 Å². The van der Waals surface area contributed by atoms with Crippen molar-refractivity contribution < 1.29 is 9.53 Å². The molecule has 1 aliphatic rings. The first kappa shape index (κ1) is 11.5. The van der Waals surface area contributed by atoms with Gasteiger partial charge in [0.2, 0.25) is 5.91 Å². The molecule has 0 spiro atoms. The highest BCUT2D eigenvalue weighted by atomic mass is 16.5. The Hall–Kier alpha value is -0.610. The molecule has 2 N–H and O–H groups in total. The quantitative estimate of drug-likeness (QED) is 0.660. The summed E-state index contributed by atoms with van der Waals surface area (Å²) in [7, 11) is 0. The largest absolute Gasteiger partial charge is 0.380 e. The van der Waals surface area contributed by atoms with Gasteiger partial charge in [0, 0.05) is 26.6 Å². The first-order valence-corrected chi connectivity index (χ1v) is 5.27. The van der Waals surface area contributed by atoms with Crippen molar-refractivity contribution in [3.05, 3.63) is 0 Å². The smallest absolute Gasteiger partial charge is 0.219 e. The van der Waals surface area contributed by atoms with Crippen LogP contribution < -0.4 is 5.73 Å². The van der Waals surface area contributed by atoms with Crippen molar-refractivity contribution in [1.82, 2.24) is 4.90 Å². The lowest BCUT2D eigenvalue weighted by Crippen LogP contribution is -2.40. The number of piperidine rings is 1. The Labute approximate surface area is 85.4 Å². The predicted octanol–water partition coefficient (Wildman–Crippen LogP) is 0.220. The predicted molar refractivity (Wildman–Crippen MR) is 54.9 cm³/mol. The van der Waals surface area contributed by atoms with Crippen LogP contribution in [0.5, 0.6) is 0 Å². The number of amides is 1. The Balaban J connectivity index is 2.22. The van der Waals surface area contributed by atoms with Crippen LogP contribution in [0.1, 0.15) is 19.8 Å². The number of hydrogen-bond donors (Lipinski definition) is 1. The third kappa shape index (κ3) is 3.64. The van der Waals surface area contributed by atoms with Gasteiger partial charge >= 0.3 is 0 Å². The zero-order valence-electron chi connectivity index (χ0n) is 8.87. The molecule has 4 heteroatoms. The number of nitrogens with zero attached hydrogens (tertiary/aromatic N) is 1. The summed E-state index contributed by atoms with van der Waals surface area (Å²) in [5.74, 6) is 0.674. The molecule has 0 aliphatic carbocycles. The van der Waals surface area contributed by atoms with E-state index in [1.807, 2.05) is 4.90 Å². The fraction of sp³-hybridized carbons (Fsp3) is 0.900. The highest BCUT2D eigenvalue weighted by Gasteiger charge is 2.21. The van der Waals surface area contributed by atoms with Crippen LogP contribution in [-0.4, -0.2) is 43.7 Å². The molecule has 1 rings (SSSR count). The van der Waals surface area contributed by atoms with E-state index in [9.17, 15) is 4.79 Å². The summed E-state index contributed by atoms with van der Waals surface area (Å²) in [6, 6.07) is 0. The Kier molecular flexibility index (Phi) is 4.90. The van der Waals surface area contributed by atoms with Gasteiger partial charge in [0.1, 0.15) is 0 Å². The summed E-state index contributed by atoms with van der Waals surface area (Å²) < 4.78 is 5.39. The van der Waals surface area contributed by atoms with Crippen LogP contribution in [0.4, 0.5) is 0 Å². The molecule has 1 atom stereocenters. The molecule has 1 saturated heterocycles. The molecule has 0 radical (unpaired) electrons. The molecular formula is C10H20N2O2. The first-order chi connectivity index (χ1) is 6.74. The van der Waals surface area contributed by atoms with E-state index in [0.717, 1.165) is 32.5 Å². The van der Waals surface area contributed by atoms with Crippen LogP contribution >= 0.6 is 0 Å². The summed E-state index contributed by atoms with van der Waals surface area (Å²) in [4.78, 5) is 13.0. The molecule has 1 aliphatic heterocycles. The van der Waals surface area contributed by atoms with Gasteiger partial charge in [0.25, 0.3) is 0 Å². The number of ether oxygens (including phenoxy) is 1. The highest BCUT2D eigenvalue weighted by Crippen LogP contribution is 2.16. The highest BCUT2D eigenvalue weighted by molar-refractivity contribution is 5.73. The van der Waals surface area contributed by atoms with Crippen LogP contribution in [-0.2, 0) is 9.53 Å². The van der Waals surface area contributed by atoms with Crippen LogP contribution in [0.15, 0.2) is 0 Å². The average molecular weight is 200 g/mol. The zero-order chi connectivity index (χ0) is 10.4. The molecule has 0 aromatic rings. The molecule has 1 amide bonds. The second-order valence-corrected chi connectivity index (χ2v) is 3.84. The van der Waals surface area contributed by atoms with Crippen molar-refractivity contribution in [2.24, 2.45) is 11.7 Å². The summed E-state index contributed by atoms with van der Waals surface area (Å²) in [6.45, 7) is 5.31. The van der Waals surface area contributed by atoms with Gasteiger partial charge in [-0.25, -0.2) is 0 Å². The van der Waals surface area contributed by atoms with E-state index in [1.165, 1.54) is 0 Å². The number of nitrogens with two attached hydrogens (primary N) is 1. The van der Waals surface area contributed by atoms with Crippen molar-refractivity contribution in [2.45, 2.75) is 19.8 Å². The lowest BCUT2D eigenvalue weighted by molar-refractivity contribution is -0.131. The van der Waals surface area contributed by atoms with Gasteiger partial charge in [0.15, 0.2) is 0 Å². The summed E-state index contributed by atoms with van der Waals surface area (Å²) in [6.07, 6.45) is 2.25. The molecule has 0 aromatic carbocycles. The molecule has 0 aromatic heterocycles. The van der Waals surface area contributed by atoms with Gasteiger partial charge in [-0.1, -0.05) is 0 Å². The summed E-state index contributed by atoms with van der Waals surface area (Å²) in [5.41, 5.74) is 5.33. The second kappa shape index (κ2) is 5.98. The Morgan fingerprint density at radius 3 is 3.07 bits per heavy atom. The van der Waals surface area contributed by atoms with Gasteiger partial charge in [0.05, 0.1) is 13.2 Å². The van der Waals surface area contributed by atoms with Crippen LogP contribution in [0.25, 0.3) is 0 Å². The Bertz CT molecular complexity index is 185. The number of rotatable bonds is 4. The van der Waals surface area contributed by atoms with Gasteiger partial charge in [-0.2, -0.15) is 0 Å².